The van der Waals surface area contributed by atoms with Gasteiger partial charge in [0.25, 0.3) is 0 Å². The van der Waals surface area contributed by atoms with Crippen molar-refractivity contribution in [2.24, 2.45) is 11.7 Å². The Labute approximate surface area is 129 Å². The summed E-state index contributed by atoms with van der Waals surface area (Å²) in [6.07, 6.45) is 2.83. The summed E-state index contributed by atoms with van der Waals surface area (Å²) in [7, 11) is 3.26. The molecule has 7 heteroatoms. The summed E-state index contributed by atoms with van der Waals surface area (Å²) in [4.78, 5) is 23.3. The first-order valence-corrected chi connectivity index (χ1v) is 9.56. The third-order valence-electron chi connectivity index (χ3n) is 2.55. The van der Waals surface area contributed by atoms with Crippen molar-refractivity contribution in [1.29, 1.82) is 0 Å². The summed E-state index contributed by atoms with van der Waals surface area (Å²) in [6, 6.07) is 0. The molecule has 2 amide bonds. The van der Waals surface area contributed by atoms with Gasteiger partial charge in [-0.3, -0.25) is 10.1 Å². The molecule has 0 aromatic rings. The van der Waals surface area contributed by atoms with E-state index in [4.69, 9.17) is 10.5 Å². The molecule has 0 bridgehead atoms. The second kappa shape index (κ2) is 13.6. The maximum Gasteiger partial charge on any atom is 0.413 e. The lowest BCUT2D eigenvalue weighted by Gasteiger charge is -2.14. The molecule has 0 aromatic heterocycles. The van der Waals surface area contributed by atoms with Crippen LogP contribution in [0.2, 0.25) is 0 Å². The lowest BCUT2D eigenvalue weighted by molar-refractivity contribution is -0.124. The van der Waals surface area contributed by atoms with Crippen molar-refractivity contribution in [2.45, 2.75) is 39.5 Å². The van der Waals surface area contributed by atoms with Gasteiger partial charge in [-0.2, -0.15) is 0 Å². The lowest BCUT2D eigenvalue weighted by Crippen LogP contribution is -2.36. The van der Waals surface area contributed by atoms with Gasteiger partial charge in [-0.1, -0.05) is 48.3 Å². The summed E-state index contributed by atoms with van der Waals surface area (Å²) in [6.45, 7) is 5.01. The molecule has 0 unspecified atom stereocenters. The Morgan fingerprint density at radius 3 is 2.30 bits per heavy atom. The molecule has 0 radical (unpaired) electrons. The quantitative estimate of drug-likeness (QED) is 0.450. The first kappa shape index (κ1) is 19.6. The Bertz CT molecular complexity index is 272. The zero-order valence-corrected chi connectivity index (χ0v) is 14.0. The Balaban J connectivity index is 3.79. The molecule has 0 saturated heterocycles. The molecular weight excluding hydrogens is 296 g/mol. The summed E-state index contributed by atoms with van der Waals surface area (Å²) in [5.41, 5.74) is 5.36. The fraction of sp³-hybridized carbons (Fsp3) is 0.846. The number of carbonyl (C=O) groups is 2. The average Bonchev–Trinajstić information content (AvgIpc) is 2.42. The molecule has 0 fully saturated rings. The molecule has 0 spiro atoms. The van der Waals surface area contributed by atoms with Crippen LogP contribution in [-0.4, -0.2) is 36.7 Å². The number of hydrogen-bond donors (Lipinski definition) is 2. The number of imide groups is 1. The summed E-state index contributed by atoms with van der Waals surface area (Å²) < 4.78 is 4.96. The van der Waals surface area contributed by atoms with Crippen LogP contribution < -0.4 is 11.1 Å². The highest BCUT2D eigenvalue weighted by atomic mass is 33.1. The van der Waals surface area contributed by atoms with Crippen molar-refractivity contribution in [1.82, 2.24) is 5.32 Å². The number of carbonyl (C=O) groups excluding carboxylic acids is 2. The molecule has 0 heterocycles. The second-order valence-corrected chi connectivity index (χ2v) is 7.03. The van der Waals surface area contributed by atoms with E-state index in [0.717, 1.165) is 31.4 Å². The molecule has 0 atom stereocenters. The van der Waals surface area contributed by atoms with Crippen LogP contribution in [0, 0.1) is 5.92 Å². The first-order chi connectivity index (χ1) is 9.65. The number of rotatable bonds is 11. The largest absolute Gasteiger partial charge is 0.448 e. The second-order valence-electron chi connectivity index (χ2n) is 4.33. The minimum atomic E-state index is -0.642. The first-order valence-electron chi connectivity index (χ1n) is 7.07. The summed E-state index contributed by atoms with van der Waals surface area (Å²) in [5, 5.41) is 2.32. The van der Waals surface area contributed by atoms with Crippen molar-refractivity contribution < 1.29 is 14.3 Å². The zero-order chi connectivity index (χ0) is 15.2. The predicted octanol–water partition coefficient (Wildman–Crippen LogP) is 2.80. The van der Waals surface area contributed by atoms with Crippen molar-refractivity contribution in [2.75, 3.05) is 24.7 Å². The molecule has 5 nitrogen and oxygen atoms in total. The maximum absolute atomic E-state index is 11.9. The van der Waals surface area contributed by atoms with Gasteiger partial charge in [-0.25, -0.2) is 4.79 Å². The van der Waals surface area contributed by atoms with Gasteiger partial charge in [0.2, 0.25) is 5.91 Å². The molecule has 0 saturated carbocycles. The van der Waals surface area contributed by atoms with E-state index in [0.29, 0.717) is 18.9 Å². The monoisotopic (exact) mass is 322 g/mol. The molecule has 0 aromatic carbocycles. The van der Waals surface area contributed by atoms with E-state index >= 15 is 0 Å². The molecule has 3 N–H and O–H groups in total. The van der Waals surface area contributed by atoms with Crippen molar-refractivity contribution in [3.8, 4) is 0 Å². The third kappa shape index (κ3) is 10.4. The molecule has 20 heavy (non-hydrogen) atoms. The highest BCUT2D eigenvalue weighted by Gasteiger charge is 2.19. The summed E-state index contributed by atoms with van der Waals surface area (Å²) >= 11 is 0. The molecule has 0 aliphatic rings. The number of hydrogen-bond acceptors (Lipinski definition) is 6. The molecular formula is C13H26N2O3S2. The minimum absolute atomic E-state index is 0.0907. The van der Waals surface area contributed by atoms with Crippen LogP contribution in [0.3, 0.4) is 0 Å². The normalized spacial score (nSPS) is 10.6. The van der Waals surface area contributed by atoms with Crippen molar-refractivity contribution in [3.05, 3.63) is 0 Å². The van der Waals surface area contributed by atoms with Gasteiger partial charge in [0.1, 0.15) is 6.61 Å². The lowest BCUT2D eigenvalue weighted by atomic mass is 9.97. The van der Waals surface area contributed by atoms with Crippen LogP contribution in [0.5, 0.6) is 0 Å². The van der Waals surface area contributed by atoms with E-state index in [1.165, 1.54) is 0 Å². The smallest absolute Gasteiger partial charge is 0.413 e. The van der Waals surface area contributed by atoms with Crippen molar-refractivity contribution >= 4 is 33.6 Å². The number of alkyl carbamates (subject to hydrolysis) is 1. The minimum Gasteiger partial charge on any atom is -0.448 e. The maximum atomic E-state index is 11.9. The van der Waals surface area contributed by atoms with E-state index < -0.39 is 6.09 Å². The number of ether oxygens (including phenoxy) is 1. The van der Waals surface area contributed by atoms with Gasteiger partial charge in [0, 0.05) is 24.0 Å². The Morgan fingerprint density at radius 1 is 1.15 bits per heavy atom. The van der Waals surface area contributed by atoms with Gasteiger partial charge >= 0.3 is 6.09 Å². The summed E-state index contributed by atoms with van der Waals surface area (Å²) in [5.74, 6) is 1.26. The number of nitrogens with two attached hydrogens (primary N) is 1. The van der Waals surface area contributed by atoms with Crippen LogP contribution in [0.15, 0.2) is 0 Å². The van der Waals surface area contributed by atoms with Crippen LogP contribution in [0.4, 0.5) is 4.79 Å². The fourth-order valence-corrected chi connectivity index (χ4v) is 3.36. The van der Waals surface area contributed by atoms with Crippen molar-refractivity contribution in [3.63, 3.8) is 0 Å². The molecule has 0 aliphatic carbocycles. The third-order valence-corrected chi connectivity index (χ3v) is 4.96. The van der Waals surface area contributed by atoms with Crippen LogP contribution in [0.25, 0.3) is 0 Å². The van der Waals surface area contributed by atoms with Crippen LogP contribution in [0.1, 0.15) is 39.5 Å². The SMILES string of the molecule is CCCC(CCC)C(=O)NC(=O)OCCSSCCN. The Kier molecular flexibility index (Phi) is 13.3. The van der Waals surface area contributed by atoms with E-state index in [1.807, 2.05) is 13.8 Å². The van der Waals surface area contributed by atoms with E-state index in [9.17, 15) is 9.59 Å². The highest BCUT2D eigenvalue weighted by molar-refractivity contribution is 8.76. The zero-order valence-electron chi connectivity index (χ0n) is 12.4. The van der Waals surface area contributed by atoms with Crippen LogP contribution >= 0.6 is 21.6 Å². The number of amides is 2. The van der Waals surface area contributed by atoms with E-state index in [-0.39, 0.29) is 11.8 Å². The molecule has 0 aliphatic heterocycles. The topological polar surface area (TPSA) is 81.4 Å². The predicted molar refractivity (Wildman–Crippen MR) is 86.8 cm³/mol. The van der Waals surface area contributed by atoms with Crippen LogP contribution in [-0.2, 0) is 9.53 Å². The standard InChI is InChI=1S/C13H26N2O3S2/c1-3-5-11(6-4-2)12(16)15-13(17)18-8-10-20-19-9-7-14/h11H,3-10,14H2,1-2H3,(H,15,16,17). The average molecular weight is 322 g/mol. The highest BCUT2D eigenvalue weighted by Crippen LogP contribution is 2.19. The Hall–Kier alpha value is -0.400. The van der Waals surface area contributed by atoms with Gasteiger partial charge in [-0.15, -0.1) is 0 Å². The van der Waals surface area contributed by atoms with Gasteiger partial charge < -0.3 is 10.5 Å². The van der Waals surface area contributed by atoms with Gasteiger partial charge in [0.05, 0.1) is 0 Å². The van der Waals surface area contributed by atoms with Gasteiger partial charge in [-0.05, 0) is 12.8 Å². The molecule has 118 valence electrons. The fourth-order valence-electron chi connectivity index (χ4n) is 1.68. The van der Waals surface area contributed by atoms with E-state index in [1.54, 1.807) is 21.6 Å². The number of nitrogens with one attached hydrogen (secondary N) is 1. The molecule has 0 rings (SSSR count). The van der Waals surface area contributed by atoms with E-state index in [2.05, 4.69) is 5.32 Å². The Morgan fingerprint density at radius 2 is 1.75 bits per heavy atom. The van der Waals surface area contributed by atoms with Gasteiger partial charge in [0.15, 0.2) is 0 Å².